The molecular weight excluding hydrogens is 354 g/mol. The molecule has 0 radical (unpaired) electrons. The summed E-state index contributed by atoms with van der Waals surface area (Å²) in [6.45, 7) is 12.3. The summed E-state index contributed by atoms with van der Waals surface area (Å²) in [5.41, 5.74) is 1.94. The van der Waals surface area contributed by atoms with E-state index in [1.807, 2.05) is 52.0 Å². The van der Waals surface area contributed by atoms with E-state index in [0.717, 1.165) is 50.3 Å². The molecule has 0 spiro atoms. The summed E-state index contributed by atoms with van der Waals surface area (Å²) in [6.07, 6.45) is 1.88. The molecule has 2 atom stereocenters. The van der Waals surface area contributed by atoms with Gasteiger partial charge in [0.25, 0.3) is 0 Å². The maximum absolute atomic E-state index is 12.3. The van der Waals surface area contributed by atoms with E-state index in [2.05, 4.69) is 15.1 Å². The van der Waals surface area contributed by atoms with E-state index >= 15 is 0 Å². The molecule has 1 aliphatic rings. The van der Waals surface area contributed by atoms with Crippen LogP contribution in [0, 0.1) is 5.92 Å². The number of hydrogen-bond acceptors (Lipinski definition) is 5. The predicted octanol–water partition coefficient (Wildman–Crippen LogP) is 2.93. The van der Waals surface area contributed by atoms with Gasteiger partial charge in [0.15, 0.2) is 5.78 Å². The number of amides is 1. The number of nitrogens with zero attached hydrogens (tertiary/aromatic N) is 2. The molecule has 1 N–H and O–H groups in total. The van der Waals surface area contributed by atoms with Gasteiger partial charge in [-0.1, -0.05) is 20.8 Å². The van der Waals surface area contributed by atoms with Crippen molar-refractivity contribution in [2.24, 2.45) is 5.92 Å². The van der Waals surface area contributed by atoms with Gasteiger partial charge >= 0.3 is 0 Å². The Morgan fingerprint density at radius 2 is 1.68 bits per heavy atom. The van der Waals surface area contributed by atoms with Crippen LogP contribution in [0.3, 0.4) is 0 Å². The molecule has 1 aromatic rings. The van der Waals surface area contributed by atoms with Crippen LogP contribution in [0.15, 0.2) is 24.3 Å². The van der Waals surface area contributed by atoms with Crippen molar-refractivity contribution >= 4 is 17.4 Å². The molecule has 0 bridgehead atoms. The summed E-state index contributed by atoms with van der Waals surface area (Å²) in [7, 11) is 0. The number of benzene rings is 1. The van der Waals surface area contributed by atoms with Crippen LogP contribution >= 0.6 is 0 Å². The first kappa shape index (κ1) is 22.4. The molecule has 1 fully saturated rings. The van der Waals surface area contributed by atoms with Crippen molar-refractivity contribution in [1.29, 1.82) is 0 Å². The monoisotopic (exact) mass is 389 g/mol. The average Bonchev–Trinajstić information content (AvgIpc) is 2.75. The number of anilines is 1. The van der Waals surface area contributed by atoms with Crippen LogP contribution < -0.4 is 10.2 Å². The van der Waals surface area contributed by atoms with E-state index in [9.17, 15) is 9.59 Å². The Morgan fingerprint density at radius 3 is 2.25 bits per heavy atom. The number of carbonyl (C=O) groups excluding carboxylic acids is 2. The van der Waals surface area contributed by atoms with Crippen molar-refractivity contribution in [3.8, 4) is 0 Å². The lowest BCUT2D eigenvalue weighted by Gasteiger charge is -2.36. The standard InChI is InChI=1S/C22H35N3O3/c1-5-17(3)22(27)19-7-9-20(10-8-19)25-13-11-24(12-14-25)16-23-21(26)15-28-18(4)6-2/h7-10,17-18H,5-6,11-16H2,1-4H3,(H,23,26). The van der Waals surface area contributed by atoms with E-state index in [4.69, 9.17) is 4.74 Å². The van der Waals surface area contributed by atoms with E-state index < -0.39 is 0 Å². The summed E-state index contributed by atoms with van der Waals surface area (Å²) >= 11 is 0. The highest BCUT2D eigenvalue weighted by Gasteiger charge is 2.19. The molecule has 2 rings (SSSR count). The van der Waals surface area contributed by atoms with Gasteiger partial charge in [-0.2, -0.15) is 0 Å². The van der Waals surface area contributed by atoms with Crippen LogP contribution in [0.5, 0.6) is 0 Å². The van der Waals surface area contributed by atoms with Crippen molar-refractivity contribution < 1.29 is 14.3 Å². The first-order valence-corrected chi connectivity index (χ1v) is 10.4. The first-order valence-electron chi connectivity index (χ1n) is 10.4. The number of Topliss-reactive ketones (excluding diaryl/α,β-unsaturated/α-hetero) is 1. The summed E-state index contributed by atoms with van der Waals surface area (Å²) in [5, 5.41) is 2.93. The number of rotatable bonds is 10. The van der Waals surface area contributed by atoms with Gasteiger partial charge in [0.1, 0.15) is 6.61 Å². The minimum atomic E-state index is -0.0655. The van der Waals surface area contributed by atoms with Crippen molar-refractivity contribution in [3.05, 3.63) is 29.8 Å². The first-order chi connectivity index (χ1) is 13.4. The second kappa shape index (κ2) is 11.2. The highest BCUT2D eigenvalue weighted by atomic mass is 16.5. The van der Waals surface area contributed by atoms with Crippen LogP contribution in [0.2, 0.25) is 0 Å². The molecule has 0 aromatic heterocycles. The molecule has 0 aliphatic carbocycles. The van der Waals surface area contributed by atoms with Gasteiger partial charge in [0.05, 0.1) is 12.8 Å². The molecule has 1 aliphatic heterocycles. The second-order valence-corrected chi connectivity index (χ2v) is 7.61. The van der Waals surface area contributed by atoms with Crippen LogP contribution in [0.1, 0.15) is 50.9 Å². The Bertz CT molecular complexity index is 624. The van der Waals surface area contributed by atoms with Crippen LogP contribution in [0.25, 0.3) is 0 Å². The fourth-order valence-corrected chi connectivity index (χ4v) is 3.06. The van der Waals surface area contributed by atoms with Gasteiger partial charge in [-0.3, -0.25) is 14.5 Å². The summed E-state index contributed by atoms with van der Waals surface area (Å²) in [4.78, 5) is 28.7. The molecule has 6 heteroatoms. The minimum absolute atomic E-state index is 0.0655. The highest BCUT2D eigenvalue weighted by Crippen LogP contribution is 2.19. The second-order valence-electron chi connectivity index (χ2n) is 7.61. The number of nitrogens with one attached hydrogen (secondary N) is 1. The SMILES string of the molecule is CCC(C)OCC(=O)NCN1CCN(c2ccc(C(=O)C(C)CC)cc2)CC1. The topological polar surface area (TPSA) is 61.9 Å². The minimum Gasteiger partial charge on any atom is -0.369 e. The van der Waals surface area contributed by atoms with Gasteiger partial charge in [-0.25, -0.2) is 0 Å². The summed E-state index contributed by atoms with van der Waals surface area (Å²) in [6, 6.07) is 7.96. The van der Waals surface area contributed by atoms with Gasteiger partial charge < -0.3 is 15.0 Å². The molecular formula is C22H35N3O3. The van der Waals surface area contributed by atoms with E-state index in [-0.39, 0.29) is 30.3 Å². The Balaban J connectivity index is 1.74. The third kappa shape index (κ3) is 6.60. The number of carbonyl (C=O) groups is 2. The molecule has 156 valence electrons. The molecule has 1 heterocycles. The van der Waals surface area contributed by atoms with Gasteiger partial charge in [0, 0.05) is 43.3 Å². The number of ether oxygens (including phenoxy) is 1. The maximum Gasteiger partial charge on any atom is 0.247 e. The number of piperazine rings is 1. The third-order valence-corrected chi connectivity index (χ3v) is 5.52. The Morgan fingerprint density at radius 1 is 1.04 bits per heavy atom. The fraction of sp³-hybridized carbons (Fsp3) is 0.636. The van der Waals surface area contributed by atoms with Crippen LogP contribution in [-0.4, -0.2) is 62.1 Å². The molecule has 1 saturated heterocycles. The van der Waals surface area contributed by atoms with E-state index in [0.29, 0.717) is 6.67 Å². The zero-order valence-corrected chi connectivity index (χ0v) is 17.7. The third-order valence-electron chi connectivity index (χ3n) is 5.52. The normalized spacial score (nSPS) is 17.2. The molecule has 0 saturated carbocycles. The van der Waals surface area contributed by atoms with E-state index in [1.165, 1.54) is 0 Å². The van der Waals surface area contributed by atoms with Gasteiger partial charge in [-0.15, -0.1) is 0 Å². The zero-order chi connectivity index (χ0) is 20.5. The maximum atomic E-state index is 12.3. The summed E-state index contributed by atoms with van der Waals surface area (Å²) in [5.74, 6) is 0.219. The molecule has 28 heavy (non-hydrogen) atoms. The lowest BCUT2D eigenvalue weighted by molar-refractivity contribution is -0.128. The van der Waals surface area contributed by atoms with Crippen LogP contribution in [-0.2, 0) is 9.53 Å². The van der Waals surface area contributed by atoms with Gasteiger partial charge in [-0.05, 0) is 44.0 Å². The molecule has 1 amide bonds. The lowest BCUT2D eigenvalue weighted by atomic mass is 9.97. The van der Waals surface area contributed by atoms with E-state index in [1.54, 1.807) is 0 Å². The van der Waals surface area contributed by atoms with Crippen LogP contribution in [0.4, 0.5) is 5.69 Å². The smallest absolute Gasteiger partial charge is 0.247 e. The number of ketones is 1. The Kier molecular flexibility index (Phi) is 8.93. The Hall–Kier alpha value is -1.92. The van der Waals surface area contributed by atoms with Crippen molar-refractivity contribution in [2.45, 2.75) is 46.6 Å². The summed E-state index contributed by atoms with van der Waals surface area (Å²) < 4.78 is 5.45. The molecule has 6 nitrogen and oxygen atoms in total. The molecule has 1 aromatic carbocycles. The quantitative estimate of drug-likeness (QED) is 0.624. The molecule has 2 unspecified atom stereocenters. The number of hydrogen-bond donors (Lipinski definition) is 1. The van der Waals surface area contributed by atoms with Crippen molar-refractivity contribution in [1.82, 2.24) is 10.2 Å². The zero-order valence-electron chi connectivity index (χ0n) is 17.7. The van der Waals surface area contributed by atoms with Crippen molar-refractivity contribution in [2.75, 3.05) is 44.4 Å². The lowest BCUT2D eigenvalue weighted by Crippen LogP contribution is -2.50. The highest BCUT2D eigenvalue weighted by molar-refractivity contribution is 5.97. The van der Waals surface area contributed by atoms with Crippen molar-refractivity contribution in [3.63, 3.8) is 0 Å². The largest absolute Gasteiger partial charge is 0.369 e. The Labute approximate surface area is 169 Å². The predicted molar refractivity (Wildman–Crippen MR) is 113 cm³/mol. The average molecular weight is 390 g/mol. The fourth-order valence-electron chi connectivity index (χ4n) is 3.06. The van der Waals surface area contributed by atoms with Gasteiger partial charge in [0.2, 0.25) is 5.91 Å².